The first kappa shape index (κ1) is 17.8. The van der Waals surface area contributed by atoms with Gasteiger partial charge in [-0.15, -0.1) is 0 Å². The van der Waals surface area contributed by atoms with Gasteiger partial charge in [0.2, 0.25) is 0 Å². The van der Waals surface area contributed by atoms with Gasteiger partial charge < -0.3 is 14.4 Å². The molecule has 2 unspecified atom stereocenters. The fourth-order valence-corrected chi connectivity index (χ4v) is 11.3. The molecule has 0 radical (unpaired) electrons. The smallest absolute Gasteiger partial charge is 0.410 e. The first-order valence-electron chi connectivity index (χ1n) is 8.84. The van der Waals surface area contributed by atoms with Crippen LogP contribution in [-0.2, 0) is 9.47 Å². The minimum atomic E-state index is -1.54. The Morgan fingerprint density at radius 3 is 2.27 bits per heavy atom. The number of carbonyl (C=O) groups excluding carboxylic acids is 1. The largest absolute Gasteiger partial charge is 0.446 e. The van der Waals surface area contributed by atoms with Gasteiger partial charge in [-0.05, 0) is 6.04 Å². The Hall–Kier alpha value is -0.553. The second-order valence-electron chi connectivity index (χ2n) is 7.94. The SMILES string of the molecule is CC(C)[Si](CC1CC2COCCN2C(=O)O1)(C(C)C)C(C)C. The molecule has 4 nitrogen and oxygen atoms in total. The van der Waals surface area contributed by atoms with E-state index >= 15 is 0 Å². The van der Waals surface area contributed by atoms with Crippen molar-refractivity contribution in [2.75, 3.05) is 19.8 Å². The van der Waals surface area contributed by atoms with Gasteiger partial charge in [-0.1, -0.05) is 58.2 Å². The molecule has 2 rings (SSSR count). The molecule has 0 aliphatic carbocycles. The molecule has 0 spiro atoms. The standard InChI is InChI=1S/C17H33NO3Si/c1-12(2)22(13(3)4,14(5)6)11-16-9-15-10-20-8-7-18(15)17(19)21-16/h12-16H,7-11H2,1-6H3. The van der Waals surface area contributed by atoms with Crippen molar-refractivity contribution in [2.45, 2.75) is 82.8 Å². The number of cyclic esters (lactones) is 1. The van der Waals surface area contributed by atoms with E-state index in [1.54, 1.807) is 0 Å². The third-order valence-electron chi connectivity index (χ3n) is 6.07. The number of amides is 1. The van der Waals surface area contributed by atoms with Crippen LogP contribution in [-0.4, -0.2) is 51.0 Å². The lowest BCUT2D eigenvalue weighted by Gasteiger charge is -2.48. The summed E-state index contributed by atoms with van der Waals surface area (Å²) in [4.78, 5) is 14.2. The predicted octanol–water partition coefficient (Wildman–Crippen LogP) is 4.27. The predicted molar refractivity (Wildman–Crippen MR) is 92.1 cm³/mol. The third-order valence-corrected chi connectivity index (χ3v) is 13.7. The van der Waals surface area contributed by atoms with Gasteiger partial charge in [0.15, 0.2) is 0 Å². The van der Waals surface area contributed by atoms with Crippen LogP contribution in [0.2, 0.25) is 22.7 Å². The van der Waals surface area contributed by atoms with Crippen LogP contribution in [0.25, 0.3) is 0 Å². The van der Waals surface area contributed by atoms with Crippen LogP contribution >= 0.6 is 0 Å². The van der Waals surface area contributed by atoms with E-state index in [0.717, 1.165) is 12.5 Å². The van der Waals surface area contributed by atoms with Crippen molar-refractivity contribution in [1.29, 1.82) is 0 Å². The van der Waals surface area contributed by atoms with Gasteiger partial charge in [-0.25, -0.2) is 4.79 Å². The first-order chi connectivity index (χ1) is 10.3. The molecular weight excluding hydrogens is 294 g/mol. The summed E-state index contributed by atoms with van der Waals surface area (Å²) in [6.45, 7) is 16.2. The van der Waals surface area contributed by atoms with E-state index in [1.165, 1.54) is 0 Å². The molecule has 0 bridgehead atoms. The Kier molecular flexibility index (Phi) is 5.59. The van der Waals surface area contributed by atoms with Crippen molar-refractivity contribution in [3.05, 3.63) is 0 Å². The summed E-state index contributed by atoms with van der Waals surface area (Å²) >= 11 is 0. The molecule has 2 aliphatic heterocycles. The molecule has 22 heavy (non-hydrogen) atoms. The second kappa shape index (κ2) is 6.91. The Balaban J connectivity index is 2.15. The molecule has 2 saturated heterocycles. The molecule has 128 valence electrons. The molecule has 2 fully saturated rings. The maximum Gasteiger partial charge on any atom is 0.410 e. The maximum absolute atomic E-state index is 12.3. The van der Waals surface area contributed by atoms with Crippen molar-refractivity contribution < 1.29 is 14.3 Å². The van der Waals surface area contributed by atoms with Crippen molar-refractivity contribution in [3.63, 3.8) is 0 Å². The van der Waals surface area contributed by atoms with E-state index in [0.29, 0.717) is 36.4 Å². The lowest BCUT2D eigenvalue weighted by Crippen LogP contribution is -2.57. The number of carbonyl (C=O) groups is 1. The lowest BCUT2D eigenvalue weighted by molar-refractivity contribution is -0.0598. The van der Waals surface area contributed by atoms with E-state index in [1.807, 2.05) is 4.90 Å². The summed E-state index contributed by atoms with van der Waals surface area (Å²) in [5, 5.41) is 0. The van der Waals surface area contributed by atoms with Crippen LogP contribution in [0, 0.1) is 0 Å². The van der Waals surface area contributed by atoms with Gasteiger partial charge in [0.1, 0.15) is 6.10 Å². The number of rotatable bonds is 5. The van der Waals surface area contributed by atoms with Crippen molar-refractivity contribution >= 4 is 14.2 Å². The highest BCUT2D eigenvalue weighted by Crippen LogP contribution is 2.46. The molecule has 0 aromatic carbocycles. The van der Waals surface area contributed by atoms with Crippen molar-refractivity contribution in [1.82, 2.24) is 4.90 Å². The van der Waals surface area contributed by atoms with Crippen LogP contribution in [0.1, 0.15) is 48.0 Å². The molecule has 0 aromatic rings. The Morgan fingerprint density at radius 1 is 1.14 bits per heavy atom. The number of morpholine rings is 1. The van der Waals surface area contributed by atoms with Gasteiger partial charge in [0.05, 0.1) is 27.3 Å². The number of fused-ring (bicyclic) bond motifs is 1. The highest BCUT2D eigenvalue weighted by Gasteiger charge is 2.47. The third kappa shape index (κ3) is 3.20. The summed E-state index contributed by atoms with van der Waals surface area (Å²) in [6.07, 6.45) is 0.894. The van der Waals surface area contributed by atoms with E-state index in [9.17, 15) is 4.79 Å². The van der Waals surface area contributed by atoms with E-state index < -0.39 is 8.07 Å². The summed E-state index contributed by atoms with van der Waals surface area (Å²) in [5.41, 5.74) is 2.10. The molecule has 2 aliphatic rings. The molecule has 0 aromatic heterocycles. The Labute approximate surface area is 136 Å². The quantitative estimate of drug-likeness (QED) is 0.708. The average Bonchev–Trinajstić information content (AvgIpc) is 2.43. The van der Waals surface area contributed by atoms with Gasteiger partial charge in [-0.2, -0.15) is 0 Å². The molecule has 2 atom stereocenters. The fourth-order valence-electron chi connectivity index (χ4n) is 4.88. The van der Waals surface area contributed by atoms with Gasteiger partial charge in [0, 0.05) is 13.0 Å². The molecule has 0 N–H and O–H groups in total. The summed E-state index contributed by atoms with van der Waals surface area (Å²) in [7, 11) is -1.54. The van der Waals surface area contributed by atoms with Crippen molar-refractivity contribution in [2.24, 2.45) is 0 Å². The second-order valence-corrected chi connectivity index (χ2v) is 14.0. The van der Waals surface area contributed by atoms with Gasteiger partial charge in [0.25, 0.3) is 0 Å². The number of hydrogen-bond donors (Lipinski definition) is 0. The zero-order valence-electron chi connectivity index (χ0n) is 15.1. The zero-order chi connectivity index (χ0) is 16.5. The highest BCUT2D eigenvalue weighted by molar-refractivity contribution is 6.83. The first-order valence-corrected chi connectivity index (χ1v) is 11.3. The minimum Gasteiger partial charge on any atom is -0.446 e. The van der Waals surface area contributed by atoms with Crippen LogP contribution < -0.4 is 0 Å². The number of hydrogen-bond acceptors (Lipinski definition) is 3. The van der Waals surface area contributed by atoms with Crippen LogP contribution in [0.3, 0.4) is 0 Å². The van der Waals surface area contributed by atoms with Crippen LogP contribution in [0.4, 0.5) is 4.79 Å². The summed E-state index contributed by atoms with van der Waals surface area (Å²) < 4.78 is 11.4. The minimum absolute atomic E-state index is 0.0781. The molecule has 5 heteroatoms. The summed E-state index contributed by atoms with van der Waals surface area (Å²) in [5.74, 6) is 0. The Bertz CT molecular complexity index is 376. The number of ether oxygens (including phenoxy) is 2. The highest BCUT2D eigenvalue weighted by atomic mass is 28.3. The summed E-state index contributed by atoms with van der Waals surface area (Å²) in [6, 6.07) is 1.31. The fraction of sp³-hybridized carbons (Fsp3) is 0.941. The molecule has 1 amide bonds. The molecule has 2 heterocycles. The Morgan fingerprint density at radius 2 is 1.73 bits per heavy atom. The maximum atomic E-state index is 12.3. The van der Waals surface area contributed by atoms with Crippen molar-refractivity contribution in [3.8, 4) is 0 Å². The van der Waals surface area contributed by atoms with Gasteiger partial charge >= 0.3 is 6.09 Å². The molecule has 0 saturated carbocycles. The topological polar surface area (TPSA) is 38.8 Å². The van der Waals surface area contributed by atoms with Crippen LogP contribution in [0.5, 0.6) is 0 Å². The zero-order valence-corrected chi connectivity index (χ0v) is 16.1. The number of nitrogens with zero attached hydrogens (tertiary/aromatic N) is 1. The average molecular weight is 328 g/mol. The van der Waals surface area contributed by atoms with E-state index in [2.05, 4.69) is 41.5 Å². The van der Waals surface area contributed by atoms with Gasteiger partial charge in [-0.3, -0.25) is 0 Å². The molecular formula is C17H33NO3Si. The van der Waals surface area contributed by atoms with Crippen LogP contribution in [0.15, 0.2) is 0 Å². The lowest BCUT2D eigenvalue weighted by atomic mass is 10.1. The normalized spacial score (nSPS) is 26.6. The van der Waals surface area contributed by atoms with E-state index in [4.69, 9.17) is 9.47 Å². The monoisotopic (exact) mass is 327 g/mol. The van der Waals surface area contributed by atoms with E-state index in [-0.39, 0.29) is 18.2 Å².